The van der Waals surface area contributed by atoms with E-state index in [2.05, 4.69) is 39.2 Å². The molecular weight excluding hydrogens is 462 g/mol. The van der Waals surface area contributed by atoms with Crippen molar-refractivity contribution in [3.63, 3.8) is 0 Å². The van der Waals surface area contributed by atoms with Crippen LogP contribution in [-0.4, -0.2) is 56.4 Å². The topological polar surface area (TPSA) is 98.1 Å². The Morgan fingerprint density at radius 2 is 2.14 bits per heavy atom. The van der Waals surface area contributed by atoms with Gasteiger partial charge in [-0.1, -0.05) is 17.4 Å². The van der Waals surface area contributed by atoms with Crippen LogP contribution in [0.15, 0.2) is 42.7 Å². The quantitative estimate of drug-likeness (QED) is 0.444. The van der Waals surface area contributed by atoms with Gasteiger partial charge in [-0.15, -0.1) is 10.2 Å². The molecule has 0 saturated carbocycles. The molecule has 180 valence electrons. The van der Waals surface area contributed by atoms with Gasteiger partial charge in [-0.25, -0.2) is 9.97 Å². The van der Waals surface area contributed by atoms with Crippen molar-refractivity contribution in [3.05, 3.63) is 48.3 Å². The highest BCUT2D eigenvalue weighted by molar-refractivity contribution is 7.22. The number of carbonyl (C=O) groups excluding carboxylic acids is 1. The van der Waals surface area contributed by atoms with E-state index < -0.39 is 0 Å². The van der Waals surface area contributed by atoms with Gasteiger partial charge in [0.25, 0.3) is 5.91 Å². The van der Waals surface area contributed by atoms with Crippen LogP contribution >= 0.6 is 11.3 Å². The third-order valence-electron chi connectivity index (χ3n) is 6.65. The molecule has 10 heteroatoms. The molecule has 2 atom stereocenters. The molecule has 2 fully saturated rings. The van der Waals surface area contributed by atoms with Crippen LogP contribution in [0.4, 0.5) is 10.9 Å². The number of nitrogens with one attached hydrogen (secondary N) is 1. The van der Waals surface area contributed by atoms with Gasteiger partial charge in [-0.2, -0.15) is 0 Å². The van der Waals surface area contributed by atoms with Crippen molar-refractivity contribution in [2.45, 2.75) is 38.8 Å². The second-order valence-corrected chi connectivity index (χ2v) is 10.5. The van der Waals surface area contributed by atoms with Crippen molar-refractivity contribution in [1.29, 1.82) is 0 Å². The lowest BCUT2D eigenvalue weighted by atomic mass is 10.0. The number of benzene rings is 1. The van der Waals surface area contributed by atoms with E-state index in [9.17, 15) is 4.79 Å². The van der Waals surface area contributed by atoms with E-state index in [1.165, 1.54) is 0 Å². The minimum absolute atomic E-state index is 0.202. The number of thiazole rings is 1. The average Bonchev–Trinajstić information content (AvgIpc) is 3.57. The molecule has 0 aliphatic carbocycles. The lowest BCUT2D eigenvalue weighted by molar-refractivity contribution is 0.102. The predicted octanol–water partition coefficient (Wildman–Crippen LogP) is 4.40. The van der Waals surface area contributed by atoms with E-state index in [4.69, 9.17) is 9.72 Å². The summed E-state index contributed by atoms with van der Waals surface area (Å²) < 4.78 is 8.85. The Morgan fingerprint density at radius 3 is 3.03 bits per heavy atom. The van der Waals surface area contributed by atoms with Crippen LogP contribution in [0.2, 0.25) is 0 Å². The summed E-state index contributed by atoms with van der Waals surface area (Å²) in [6.45, 7) is 6.90. The SMILES string of the molecule is CC(C)n1cnnc1-c1cccc(NC(=O)c2ccc3nc(N4CCC5COC(C5)C4)sc3c2)n1. The molecular formula is C25H27N7O2S. The molecule has 1 aromatic carbocycles. The molecule has 5 heterocycles. The number of anilines is 2. The molecule has 2 unspecified atom stereocenters. The highest BCUT2D eigenvalue weighted by Crippen LogP contribution is 2.34. The van der Waals surface area contributed by atoms with Crippen LogP contribution in [0.25, 0.3) is 21.7 Å². The standard InChI is InChI=1S/C25H27N7O2S/c1-15(2)32-14-26-30-23(32)20-4-3-5-22(27-20)29-24(33)17-6-7-19-21(11-17)35-25(28-19)31-9-8-16-10-18(12-31)34-13-16/h3-7,11,14-16,18H,8-10,12-13H2,1-2H3,(H,27,29,33). The van der Waals surface area contributed by atoms with Crippen LogP contribution in [0.5, 0.6) is 0 Å². The maximum atomic E-state index is 13.0. The lowest BCUT2D eigenvalue weighted by Gasteiger charge is -2.24. The molecule has 1 N–H and O–H groups in total. The Kier molecular flexibility index (Phi) is 5.69. The maximum absolute atomic E-state index is 13.0. The number of fused-ring (bicyclic) bond motifs is 3. The second-order valence-electron chi connectivity index (χ2n) is 9.49. The van der Waals surface area contributed by atoms with E-state index in [1.807, 2.05) is 34.9 Å². The van der Waals surface area contributed by atoms with E-state index in [-0.39, 0.29) is 11.9 Å². The molecule has 0 spiro atoms. The molecule has 6 rings (SSSR count). The van der Waals surface area contributed by atoms with Crippen molar-refractivity contribution in [3.8, 4) is 11.5 Å². The number of hydrogen-bond acceptors (Lipinski definition) is 8. The molecule has 35 heavy (non-hydrogen) atoms. The molecule has 3 aromatic heterocycles. The van der Waals surface area contributed by atoms with E-state index >= 15 is 0 Å². The smallest absolute Gasteiger partial charge is 0.256 e. The zero-order valence-corrected chi connectivity index (χ0v) is 20.5. The zero-order chi connectivity index (χ0) is 23.9. The van der Waals surface area contributed by atoms with Gasteiger partial charge in [0.05, 0.1) is 22.9 Å². The average molecular weight is 490 g/mol. The maximum Gasteiger partial charge on any atom is 0.256 e. The minimum Gasteiger partial charge on any atom is -0.376 e. The largest absolute Gasteiger partial charge is 0.376 e. The van der Waals surface area contributed by atoms with Crippen LogP contribution in [0.3, 0.4) is 0 Å². The zero-order valence-electron chi connectivity index (χ0n) is 19.7. The van der Waals surface area contributed by atoms with Gasteiger partial charge < -0.3 is 19.5 Å². The first kappa shape index (κ1) is 22.1. The van der Waals surface area contributed by atoms with Gasteiger partial charge in [0.1, 0.15) is 17.8 Å². The summed E-state index contributed by atoms with van der Waals surface area (Å²) in [7, 11) is 0. The van der Waals surface area contributed by atoms with Crippen LogP contribution in [0.1, 0.15) is 43.1 Å². The predicted molar refractivity (Wildman–Crippen MR) is 136 cm³/mol. The summed E-state index contributed by atoms with van der Waals surface area (Å²) in [6.07, 6.45) is 4.28. The highest BCUT2D eigenvalue weighted by Gasteiger charge is 2.32. The van der Waals surface area contributed by atoms with Crippen molar-refractivity contribution in [2.24, 2.45) is 5.92 Å². The summed E-state index contributed by atoms with van der Waals surface area (Å²) >= 11 is 1.63. The van der Waals surface area contributed by atoms with Gasteiger partial charge in [0.2, 0.25) is 0 Å². The van der Waals surface area contributed by atoms with Gasteiger partial charge in [0.15, 0.2) is 11.0 Å². The number of rotatable bonds is 5. The molecule has 4 aromatic rings. The van der Waals surface area contributed by atoms with Gasteiger partial charge in [-0.05, 0) is 62.9 Å². The Morgan fingerprint density at radius 1 is 1.23 bits per heavy atom. The summed E-state index contributed by atoms with van der Waals surface area (Å²) in [5, 5.41) is 12.1. The summed E-state index contributed by atoms with van der Waals surface area (Å²) in [6, 6.07) is 11.3. The van der Waals surface area contributed by atoms with Gasteiger partial charge in [0, 0.05) is 24.7 Å². The Balaban J connectivity index is 1.20. The van der Waals surface area contributed by atoms with Crippen LogP contribution in [0, 0.1) is 5.92 Å². The normalized spacial score (nSPS) is 19.9. The summed E-state index contributed by atoms with van der Waals surface area (Å²) in [5.74, 6) is 1.60. The van der Waals surface area contributed by atoms with E-state index in [0.717, 1.165) is 47.9 Å². The summed E-state index contributed by atoms with van der Waals surface area (Å²) in [5.41, 5.74) is 2.14. The molecule has 9 nitrogen and oxygen atoms in total. The van der Waals surface area contributed by atoms with Gasteiger partial charge >= 0.3 is 0 Å². The Labute approximate surface area is 207 Å². The molecule has 2 bridgehead atoms. The highest BCUT2D eigenvalue weighted by atomic mass is 32.1. The van der Waals surface area contributed by atoms with E-state index in [0.29, 0.717) is 34.9 Å². The number of ether oxygens (including phenoxy) is 1. The first-order valence-corrected chi connectivity index (χ1v) is 12.8. The van der Waals surface area contributed by atoms with Crippen molar-refractivity contribution >= 4 is 38.4 Å². The van der Waals surface area contributed by atoms with Crippen molar-refractivity contribution in [1.82, 2.24) is 24.7 Å². The fourth-order valence-electron chi connectivity index (χ4n) is 4.77. The monoisotopic (exact) mass is 489 g/mol. The molecule has 2 aliphatic rings. The minimum atomic E-state index is -0.211. The number of amides is 1. The number of hydrogen-bond donors (Lipinski definition) is 1. The second kappa shape index (κ2) is 9.01. The van der Waals surface area contributed by atoms with Crippen molar-refractivity contribution < 1.29 is 9.53 Å². The molecule has 2 saturated heterocycles. The molecule has 2 aliphatic heterocycles. The number of nitrogens with zero attached hydrogens (tertiary/aromatic N) is 6. The third-order valence-corrected chi connectivity index (χ3v) is 7.73. The number of carbonyl (C=O) groups is 1. The molecule has 0 radical (unpaired) electrons. The lowest BCUT2D eigenvalue weighted by Crippen LogP contribution is -2.32. The number of aromatic nitrogens is 5. The first-order valence-electron chi connectivity index (χ1n) is 12.0. The van der Waals surface area contributed by atoms with Crippen molar-refractivity contribution in [2.75, 3.05) is 29.9 Å². The Hall–Kier alpha value is -3.37. The van der Waals surface area contributed by atoms with Crippen LogP contribution < -0.4 is 10.2 Å². The third kappa shape index (κ3) is 4.39. The van der Waals surface area contributed by atoms with E-state index in [1.54, 1.807) is 23.7 Å². The summed E-state index contributed by atoms with van der Waals surface area (Å²) in [4.78, 5) is 24.8. The fraction of sp³-hybridized carbons (Fsp3) is 0.400. The number of pyridine rings is 1. The Bertz CT molecular complexity index is 1380. The van der Waals surface area contributed by atoms with Gasteiger partial charge in [-0.3, -0.25) is 4.79 Å². The first-order chi connectivity index (χ1) is 17.0. The molecule has 1 amide bonds. The fourth-order valence-corrected chi connectivity index (χ4v) is 5.81. The van der Waals surface area contributed by atoms with Crippen LogP contribution in [-0.2, 0) is 4.74 Å².